The van der Waals surface area contributed by atoms with Gasteiger partial charge in [0.15, 0.2) is 6.23 Å². The maximum atomic E-state index is 10.9. The van der Waals surface area contributed by atoms with Gasteiger partial charge in [0.1, 0.15) is 0 Å². The van der Waals surface area contributed by atoms with E-state index in [9.17, 15) is 4.79 Å². The number of carbonyl (C=O) groups is 1. The lowest BCUT2D eigenvalue weighted by Gasteiger charge is -2.13. The third-order valence-corrected chi connectivity index (χ3v) is 1.90. The van der Waals surface area contributed by atoms with E-state index in [1.165, 1.54) is 0 Å². The maximum absolute atomic E-state index is 10.9. The molecule has 0 aromatic heterocycles. The molecule has 15 heavy (non-hydrogen) atoms. The van der Waals surface area contributed by atoms with Crippen LogP contribution < -0.4 is 5.32 Å². The predicted octanol–water partition coefficient (Wildman–Crippen LogP) is 1.85. The summed E-state index contributed by atoms with van der Waals surface area (Å²) in [6.45, 7) is 5.78. The first-order chi connectivity index (χ1) is 7.22. The predicted molar refractivity (Wildman–Crippen MR) is 59.0 cm³/mol. The SMILES string of the molecule is C=CC(=O)OC(C)NCc1ccccc1. The fourth-order valence-electron chi connectivity index (χ4n) is 1.12. The average Bonchev–Trinajstić information content (AvgIpc) is 2.27. The van der Waals surface area contributed by atoms with Gasteiger partial charge in [-0.05, 0) is 12.5 Å². The van der Waals surface area contributed by atoms with Crippen molar-refractivity contribution in [2.75, 3.05) is 0 Å². The molecule has 3 nitrogen and oxygen atoms in total. The van der Waals surface area contributed by atoms with Crippen LogP contribution in [-0.4, -0.2) is 12.2 Å². The molecule has 0 bridgehead atoms. The van der Waals surface area contributed by atoms with Crippen LogP contribution in [0.5, 0.6) is 0 Å². The van der Waals surface area contributed by atoms with Gasteiger partial charge >= 0.3 is 5.97 Å². The van der Waals surface area contributed by atoms with E-state index < -0.39 is 5.97 Å². The molecule has 1 N–H and O–H groups in total. The summed E-state index contributed by atoms with van der Waals surface area (Å²) in [5.74, 6) is -0.414. The van der Waals surface area contributed by atoms with Gasteiger partial charge in [-0.2, -0.15) is 0 Å². The molecule has 3 heteroatoms. The maximum Gasteiger partial charge on any atom is 0.331 e. The smallest absolute Gasteiger partial charge is 0.331 e. The molecule has 0 saturated carbocycles. The van der Waals surface area contributed by atoms with Crippen LogP contribution in [-0.2, 0) is 16.1 Å². The summed E-state index contributed by atoms with van der Waals surface area (Å²) >= 11 is 0. The molecule has 1 unspecified atom stereocenters. The van der Waals surface area contributed by atoms with Gasteiger partial charge in [-0.25, -0.2) is 4.79 Å². The number of hydrogen-bond acceptors (Lipinski definition) is 3. The normalized spacial score (nSPS) is 11.8. The molecule has 0 heterocycles. The number of esters is 1. The second-order valence-electron chi connectivity index (χ2n) is 3.15. The van der Waals surface area contributed by atoms with Crippen molar-refractivity contribution in [3.63, 3.8) is 0 Å². The zero-order valence-corrected chi connectivity index (χ0v) is 8.77. The monoisotopic (exact) mass is 205 g/mol. The van der Waals surface area contributed by atoms with E-state index in [4.69, 9.17) is 4.74 Å². The second kappa shape index (κ2) is 5.98. The van der Waals surface area contributed by atoms with E-state index in [0.717, 1.165) is 11.6 Å². The number of carbonyl (C=O) groups excluding carboxylic acids is 1. The van der Waals surface area contributed by atoms with Gasteiger partial charge in [0.05, 0.1) is 0 Å². The molecule has 1 rings (SSSR count). The molecule has 0 fully saturated rings. The average molecular weight is 205 g/mol. The lowest BCUT2D eigenvalue weighted by atomic mass is 10.2. The summed E-state index contributed by atoms with van der Waals surface area (Å²) in [7, 11) is 0. The van der Waals surface area contributed by atoms with Gasteiger partial charge in [0.2, 0.25) is 0 Å². The van der Waals surface area contributed by atoms with Gasteiger partial charge in [-0.1, -0.05) is 36.9 Å². The molecule has 0 spiro atoms. The molecule has 0 aliphatic heterocycles. The number of nitrogens with one attached hydrogen (secondary N) is 1. The van der Waals surface area contributed by atoms with Crippen LogP contribution in [0.4, 0.5) is 0 Å². The first-order valence-corrected chi connectivity index (χ1v) is 4.82. The Morgan fingerprint density at radius 3 is 2.80 bits per heavy atom. The molecule has 0 saturated heterocycles. The Balaban J connectivity index is 2.31. The van der Waals surface area contributed by atoms with Crippen LogP contribution in [0, 0.1) is 0 Å². The quantitative estimate of drug-likeness (QED) is 0.453. The highest BCUT2D eigenvalue weighted by Crippen LogP contribution is 1.98. The number of hydrogen-bond donors (Lipinski definition) is 1. The Morgan fingerprint density at radius 2 is 2.20 bits per heavy atom. The van der Waals surface area contributed by atoms with Crippen LogP contribution >= 0.6 is 0 Å². The molecule has 1 atom stereocenters. The van der Waals surface area contributed by atoms with Crippen molar-refractivity contribution >= 4 is 5.97 Å². The number of ether oxygens (including phenoxy) is 1. The van der Waals surface area contributed by atoms with Crippen LogP contribution in [0.2, 0.25) is 0 Å². The topological polar surface area (TPSA) is 38.3 Å². The Bertz CT molecular complexity index is 322. The molecular weight excluding hydrogens is 190 g/mol. The first-order valence-electron chi connectivity index (χ1n) is 4.82. The highest BCUT2D eigenvalue weighted by molar-refractivity contribution is 5.81. The lowest BCUT2D eigenvalue weighted by Crippen LogP contribution is -2.29. The molecule has 0 aliphatic carbocycles. The van der Waals surface area contributed by atoms with E-state index in [-0.39, 0.29) is 6.23 Å². The molecule has 1 aromatic rings. The molecule has 80 valence electrons. The van der Waals surface area contributed by atoms with Gasteiger partial charge in [0.25, 0.3) is 0 Å². The van der Waals surface area contributed by atoms with Crippen molar-refractivity contribution in [2.24, 2.45) is 0 Å². The van der Waals surface area contributed by atoms with Crippen LogP contribution in [0.3, 0.4) is 0 Å². The molecular formula is C12H15NO2. The van der Waals surface area contributed by atoms with Crippen molar-refractivity contribution in [1.82, 2.24) is 5.32 Å². The van der Waals surface area contributed by atoms with E-state index in [2.05, 4.69) is 11.9 Å². The highest BCUT2D eigenvalue weighted by Gasteiger charge is 2.04. The minimum absolute atomic E-state index is 0.310. The molecule has 1 aromatic carbocycles. The van der Waals surface area contributed by atoms with Crippen molar-refractivity contribution in [3.05, 3.63) is 48.6 Å². The Kier molecular flexibility index (Phi) is 4.57. The third kappa shape index (κ3) is 4.42. The summed E-state index contributed by atoms with van der Waals surface area (Å²) in [6, 6.07) is 9.92. The van der Waals surface area contributed by atoms with E-state index >= 15 is 0 Å². The summed E-state index contributed by atoms with van der Waals surface area (Å²) in [6.07, 6.45) is 0.844. The summed E-state index contributed by atoms with van der Waals surface area (Å²) in [5.41, 5.74) is 1.15. The molecule has 0 amide bonds. The van der Waals surface area contributed by atoms with Crippen LogP contribution in [0.1, 0.15) is 12.5 Å². The number of benzene rings is 1. The van der Waals surface area contributed by atoms with Crippen molar-refractivity contribution in [1.29, 1.82) is 0 Å². The molecule has 0 radical (unpaired) electrons. The van der Waals surface area contributed by atoms with E-state index in [0.29, 0.717) is 6.54 Å². The van der Waals surface area contributed by atoms with Gasteiger partial charge < -0.3 is 4.74 Å². The van der Waals surface area contributed by atoms with Gasteiger partial charge in [-0.15, -0.1) is 0 Å². The van der Waals surface area contributed by atoms with Crippen LogP contribution in [0.25, 0.3) is 0 Å². The third-order valence-electron chi connectivity index (χ3n) is 1.90. The van der Waals surface area contributed by atoms with E-state index in [1.807, 2.05) is 30.3 Å². The minimum Gasteiger partial charge on any atom is -0.444 e. The van der Waals surface area contributed by atoms with Crippen molar-refractivity contribution < 1.29 is 9.53 Å². The summed E-state index contributed by atoms with van der Waals surface area (Å²) in [5, 5.41) is 3.07. The van der Waals surface area contributed by atoms with Crippen molar-refractivity contribution in [3.8, 4) is 0 Å². The van der Waals surface area contributed by atoms with Gasteiger partial charge in [-0.3, -0.25) is 5.32 Å². The zero-order valence-electron chi connectivity index (χ0n) is 8.77. The Labute approximate surface area is 89.8 Å². The highest BCUT2D eigenvalue weighted by atomic mass is 16.6. The number of rotatable bonds is 5. The Morgan fingerprint density at radius 1 is 1.53 bits per heavy atom. The first kappa shape index (κ1) is 11.5. The van der Waals surface area contributed by atoms with Crippen molar-refractivity contribution in [2.45, 2.75) is 19.7 Å². The second-order valence-corrected chi connectivity index (χ2v) is 3.15. The standard InChI is InChI=1S/C12H15NO2/c1-3-12(14)15-10(2)13-9-11-7-5-4-6-8-11/h3-8,10,13H,1,9H2,2H3. The van der Waals surface area contributed by atoms with E-state index in [1.54, 1.807) is 6.92 Å². The van der Waals surface area contributed by atoms with Gasteiger partial charge in [0, 0.05) is 12.6 Å². The fourth-order valence-corrected chi connectivity index (χ4v) is 1.12. The zero-order chi connectivity index (χ0) is 11.1. The minimum atomic E-state index is -0.414. The molecule has 0 aliphatic rings. The summed E-state index contributed by atoms with van der Waals surface area (Å²) < 4.78 is 4.95. The van der Waals surface area contributed by atoms with Crippen LogP contribution in [0.15, 0.2) is 43.0 Å². The lowest BCUT2D eigenvalue weighted by molar-refractivity contribution is -0.143. The largest absolute Gasteiger partial charge is 0.444 e. The summed E-state index contributed by atoms with van der Waals surface area (Å²) in [4.78, 5) is 10.9. The fraction of sp³-hybridized carbons (Fsp3) is 0.250. The Hall–Kier alpha value is -1.61.